The summed E-state index contributed by atoms with van der Waals surface area (Å²) in [5.41, 5.74) is 0. The fourth-order valence-corrected chi connectivity index (χ4v) is 5.18. The zero-order chi connectivity index (χ0) is 36.0. The molecule has 0 aromatic heterocycles. The quantitative estimate of drug-likeness (QED) is 0.0386. The Morgan fingerprint density at radius 1 is 0.633 bits per heavy atom. The lowest BCUT2D eigenvalue weighted by atomic mass is 9.99. The highest BCUT2D eigenvalue weighted by Gasteiger charge is 2.44. The highest BCUT2D eigenvalue weighted by atomic mass is 16.7. The van der Waals surface area contributed by atoms with Gasteiger partial charge in [0.1, 0.15) is 31.0 Å². The molecule has 49 heavy (non-hydrogen) atoms. The zero-order valence-electron chi connectivity index (χ0n) is 30.2. The lowest BCUT2D eigenvalue weighted by Gasteiger charge is -2.39. The molecule has 6 atom stereocenters. The minimum atomic E-state index is -1.60. The normalized spacial score (nSPS) is 22.1. The molecule has 2 unspecified atom stereocenters. The summed E-state index contributed by atoms with van der Waals surface area (Å²) in [6.45, 7) is 3.24. The van der Waals surface area contributed by atoms with Gasteiger partial charge < -0.3 is 39.4 Å². The molecule has 10 nitrogen and oxygen atoms in total. The van der Waals surface area contributed by atoms with Crippen LogP contribution >= 0.6 is 0 Å². The minimum absolute atomic E-state index is 0.191. The number of aliphatic hydroxyl groups excluding tert-OH is 4. The SMILES string of the molecule is CCC/C=C/C/C=C/C/C=C/C/C=C/CCCCCC(=O)O[C@H](COC(=O)CCCCCCCCC)CO[C@H]1O[C@@H](CO)[C@@H](O)C(O)C1O. The molecule has 1 rings (SSSR count). The first-order valence-electron chi connectivity index (χ1n) is 18.7. The van der Waals surface area contributed by atoms with Crippen LogP contribution in [0.1, 0.15) is 129 Å². The van der Waals surface area contributed by atoms with Gasteiger partial charge in [0.05, 0.1) is 13.2 Å². The van der Waals surface area contributed by atoms with Crippen molar-refractivity contribution in [2.45, 2.75) is 166 Å². The van der Waals surface area contributed by atoms with Crippen molar-refractivity contribution in [3.63, 3.8) is 0 Å². The highest BCUT2D eigenvalue weighted by Crippen LogP contribution is 2.22. The van der Waals surface area contributed by atoms with Crippen molar-refractivity contribution in [3.8, 4) is 0 Å². The Hall–Kier alpha value is -2.34. The van der Waals surface area contributed by atoms with Gasteiger partial charge in [-0.25, -0.2) is 0 Å². The van der Waals surface area contributed by atoms with Crippen LogP contribution in [0, 0.1) is 0 Å². The molecule has 0 radical (unpaired) electrons. The number of ether oxygens (including phenoxy) is 4. The van der Waals surface area contributed by atoms with E-state index in [1.807, 2.05) is 0 Å². The number of rotatable bonds is 29. The summed E-state index contributed by atoms with van der Waals surface area (Å²) in [4.78, 5) is 25.0. The van der Waals surface area contributed by atoms with Gasteiger partial charge in [-0.15, -0.1) is 0 Å². The molecule has 0 bridgehead atoms. The van der Waals surface area contributed by atoms with Gasteiger partial charge >= 0.3 is 11.9 Å². The van der Waals surface area contributed by atoms with Gasteiger partial charge in [-0.1, -0.05) is 114 Å². The van der Waals surface area contributed by atoms with Crippen LogP contribution in [0.4, 0.5) is 0 Å². The first-order chi connectivity index (χ1) is 23.8. The Labute approximate surface area is 295 Å². The summed E-state index contributed by atoms with van der Waals surface area (Å²) in [6.07, 6.45) is 25.7. The number of hydrogen-bond donors (Lipinski definition) is 4. The summed E-state index contributed by atoms with van der Waals surface area (Å²) in [7, 11) is 0. The van der Waals surface area contributed by atoms with Gasteiger partial charge in [-0.2, -0.15) is 0 Å². The molecule has 0 aromatic carbocycles. The van der Waals surface area contributed by atoms with Crippen LogP contribution in [0.2, 0.25) is 0 Å². The van der Waals surface area contributed by atoms with Crippen LogP contribution in [-0.2, 0) is 28.5 Å². The third-order valence-corrected chi connectivity index (χ3v) is 8.20. The molecular weight excluding hydrogens is 628 g/mol. The van der Waals surface area contributed by atoms with Gasteiger partial charge in [-0.3, -0.25) is 9.59 Å². The standard InChI is InChI=1S/C39H66O10/c1-3-5-7-9-11-12-13-14-15-16-17-18-19-20-22-24-26-28-35(42)48-32(30-46-34(41)27-25-23-21-10-8-6-4-2)31-47-39-38(45)37(44)36(43)33(29-40)49-39/h7,9,12-13,15-16,18-19,32-33,36-40,43-45H,3-6,8,10-11,14,17,20-31H2,1-2H3/b9-7+,13-12+,16-15+,19-18+/t32-,33+,36-,37?,38?,39+/m1/s1. The largest absolute Gasteiger partial charge is 0.462 e. The minimum Gasteiger partial charge on any atom is -0.462 e. The van der Waals surface area contributed by atoms with Crippen molar-refractivity contribution in [1.82, 2.24) is 0 Å². The van der Waals surface area contributed by atoms with Crippen LogP contribution in [0.3, 0.4) is 0 Å². The maximum atomic E-state index is 12.7. The van der Waals surface area contributed by atoms with Gasteiger partial charge in [0.2, 0.25) is 0 Å². The van der Waals surface area contributed by atoms with E-state index in [-0.39, 0.29) is 26.1 Å². The van der Waals surface area contributed by atoms with E-state index in [1.165, 1.54) is 25.7 Å². The van der Waals surface area contributed by atoms with Gasteiger partial charge in [0.25, 0.3) is 0 Å². The molecule has 1 aliphatic rings. The Balaban J connectivity index is 2.42. The first-order valence-corrected chi connectivity index (χ1v) is 18.7. The van der Waals surface area contributed by atoms with E-state index in [1.54, 1.807) is 0 Å². The molecule has 0 spiro atoms. The fourth-order valence-electron chi connectivity index (χ4n) is 5.18. The second kappa shape index (κ2) is 30.5. The van der Waals surface area contributed by atoms with Crippen LogP contribution in [0.25, 0.3) is 0 Å². The van der Waals surface area contributed by atoms with Crippen molar-refractivity contribution >= 4 is 11.9 Å². The first kappa shape index (κ1) is 44.7. The summed E-state index contributed by atoms with van der Waals surface area (Å²) in [5, 5.41) is 39.8. The number of unbranched alkanes of at least 4 members (excludes halogenated alkanes) is 10. The van der Waals surface area contributed by atoms with Gasteiger partial charge in [0, 0.05) is 12.8 Å². The predicted molar refractivity (Wildman–Crippen MR) is 192 cm³/mol. The van der Waals surface area contributed by atoms with Crippen LogP contribution in [0.15, 0.2) is 48.6 Å². The van der Waals surface area contributed by atoms with Crippen LogP contribution in [-0.4, -0.2) is 89.0 Å². The Bertz CT molecular complexity index is 944. The van der Waals surface area contributed by atoms with E-state index >= 15 is 0 Å². The van der Waals surface area contributed by atoms with Crippen molar-refractivity contribution in [3.05, 3.63) is 48.6 Å². The number of aliphatic hydroxyl groups is 4. The Morgan fingerprint density at radius 3 is 1.80 bits per heavy atom. The van der Waals surface area contributed by atoms with E-state index in [2.05, 4.69) is 62.5 Å². The van der Waals surface area contributed by atoms with E-state index < -0.39 is 55.4 Å². The number of carbonyl (C=O) groups excluding carboxylic acids is 2. The summed E-state index contributed by atoms with van der Waals surface area (Å²) in [6, 6.07) is 0. The van der Waals surface area contributed by atoms with Crippen LogP contribution < -0.4 is 0 Å². The summed E-state index contributed by atoms with van der Waals surface area (Å²) >= 11 is 0. The molecule has 0 aromatic rings. The summed E-state index contributed by atoms with van der Waals surface area (Å²) in [5.74, 6) is -0.856. The Morgan fingerprint density at radius 2 is 1.18 bits per heavy atom. The van der Waals surface area contributed by atoms with Crippen molar-refractivity contribution in [2.24, 2.45) is 0 Å². The van der Waals surface area contributed by atoms with Gasteiger partial charge in [-0.05, 0) is 51.4 Å². The van der Waals surface area contributed by atoms with Crippen molar-refractivity contribution < 1.29 is 49.0 Å². The van der Waals surface area contributed by atoms with Crippen LogP contribution in [0.5, 0.6) is 0 Å². The van der Waals surface area contributed by atoms with E-state index in [0.717, 1.165) is 70.6 Å². The average molecular weight is 695 g/mol. The third kappa shape index (κ3) is 22.9. The molecule has 4 N–H and O–H groups in total. The molecule has 0 aliphatic carbocycles. The second-order valence-corrected chi connectivity index (χ2v) is 12.7. The van der Waals surface area contributed by atoms with E-state index in [0.29, 0.717) is 6.42 Å². The number of carbonyl (C=O) groups is 2. The van der Waals surface area contributed by atoms with Crippen molar-refractivity contribution in [1.29, 1.82) is 0 Å². The lowest BCUT2D eigenvalue weighted by Crippen LogP contribution is -2.59. The molecule has 282 valence electrons. The smallest absolute Gasteiger partial charge is 0.306 e. The third-order valence-electron chi connectivity index (χ3n) is 8.20. The molecule has 1 fully saturated rings. The highest BCUT2D eigenvalue weighted by molar-refractivity contribution is 5.70. The Kier molecular flexibility index (Phi) is 27.8. The second-order valence-electron chi connectivity index (χ2n) is 12.7. The number of allylic oxidation sites excluding steroid dienone is 8. The number of hydrogen-bond acceptors (Lipinski definition) is 10. The van der Waals surface area contributed by atoms with E-state index in [4.69, 9.17) is 18.9 Å². The van der Waals surface area contributed by atoms with Gasteiger partial charge in [0.15, 0.2) is 12.4 Å². The van der Waals surface area contributed by atoms with E-state index in [9.17, 15) is 30.0 Å². The maximum absolute atomic E-state index is 12.7. The topological polar surface area (TPSA) is 152 Å². The fraction of sp³-hybridized carbons (Fsp3) is 0.744. The molecular formula is C39H66O10. The molecule has 0 saturated carbocycles. The zero-order valence-corrected chi connectivity index (χ0v) is 30.2. The van der Waals surface area contributed by atoms with Crippen molar-refractivity contribution in [2.75, 3.05) is 19.8 Å². The number of esters is 2. The molecule has 0 amide bonds. The monoisotopic (exact) mass is 694 g/mol. The molecule has 1 saturated heterocycles. The predicted octanol–water partition coefficient (Wildman–Crippen LogP) is 6.54. The molecule has 10 heteroatoms. The molecule has 1 heterocycles. The average Bonchev–Trinajstić information content (AvgIpc) is 3.10. The molecule has 1 aliphatic heterocycles. The lowest BCUT2D eigenvalue weighted by molar-refractivity contribution is -0.305. The summed E-state index contributed by atoms with van der Waals surface area (Å²) < 4.78 is 21.9. The maximum Gasteiger partial charge on any atom is 0.306 e.